The molecule has 1 aliphatic heterocycles. The van der Waals surface area contributed by atoms with E-state index >= 15 is 0 Å². The first kappa shape index (κ1) is 17.6. The molecule has 0 amide bonds. The standard InChI is InChI=1S/C15H11BO2P.2C2H6/c1-2-15(17)11-5-3-4-6-13(11)16-14-8-7-10(18-19)9-12(14)15;2*1-2/h1,3-9,17H,19H2;2*1-2H3/i19T;;. The molecule has 2 atom stereocenters. The molecule has 0 saturated heterocycles. The number of hydrogen-bond donors (Lipinski definition) is 1. The van der Waals surface area contributed by atoms with Crippen LogP contribution in [0.3, 0.4) is 0 Å². The van der Waals surface area contributed by atoms with E-state index in [0.29, 0.717) is 16.9 Å². The summed E-state index contributed by atoms with van der Waals surface area (Å²) in [4.78, 5) is 0. The molecule has 1 N–H and O–H groups in total. The number of terminal acetylenes is 1. The number of rotatable bonds is 2. The van der Waals surface area contributed by atoms with Gasteiger partial charge in [0.05, 0.1) is 10.7 Å². The van der Waals surface area contributed by atoms with Crippen molar-refractivity contribution in [1.82, 2.24) is 0 Å². The molecule has 2 aromatic carbocycles. The fourth-order valence-corrected chi connectivity index (χ4v) is 2.59. The van der Waals surface area contributed by atoms with Crippen molar-refractivity contribution >= 4 is 27.6 Å². The van der Waals surface area contributed by atoms with Crippen LogP contribution in [0.25, 0.3) is 0 Å². The van der Waals surface area contributed by atoms with Crippen LogP contribution in [0, 0.1) is 12.3 Å². The van der Waals surface area contributed by atoms with Crippen LogP contribution in [-0.4, -0.2) is 13.7 Å². The molecule has 0 aliphatic carbocycles. The maximum absolute atomic E-state index is 10.9. The van der Waals surface area contributed by atoms with Crippen LogP contribution in [0.15, 0.2) is 42.5 Å². The fraction of sp³-hybridized carbons (Fsp3) is 0.263. The Bertz CT molecular complexity index is 715. The monoisotopic (exact) mass is 327 g/mol. The molecule has 2 aromatic rings. The lowest BCUT2D eigenvalue weighted by molar-refractivity contribution is 0.147. The Morgan fingerprint density at radius 1 is 1.13 bits per heavy atom. The summed E-state index contributed by atoms with van der Waals surface area (Å²) in [6.07, 6.45) is 5.60. The summed E-state index contributed by atoms with van der Waals surface area (Å²) < 4.78 is 12.3. The Morgan fingerprint density at radius 2 is 1.78 bits per heavy atom. The molecular formula is C19H23BO2P. The van der Waals surface area contributed by atoms with Gasteiger partial charge in [-0.2, -0.15) is 0 Å². The SMILES string of the molecule is CC.CC.[3H]POc1ccc2c(c1)C(O)(C#C)c1ccccc1[B]2. The van der Waals surface area contributed by atoms with Crippen molar-refractivity contribution in [3.8, 4) is 18.1 Å². The van der Waals surface area contributed by atoms with Gasteiger partial charge in [0.25, 0.3) is 0 Å². The highest BCUT2D eigenvalue weighted by atomic mass is 31.0. The number of aliphatic hydroxyl groups is 1. The van der Waals surface area contributed by atoms with Gasteiger partial charge >= 0.3 is 0 Å². The molecule has 0 aromatic heterocycles. The van der Waals surface area contributed by atoms with E-state index in [1.165, 1.54) is 0 Å². The highest BCUT2D eigenvalue weighted by molar-refractivity contribution is 7.10. The van der Waals surface area contributed by atoms with Crippen molar-refractivity contribution in [2.75, 3.05) is 0 Å². The van der Waals surface area contributed by atoms with Crippen LogP contribution >= 0.6 is 9.41 Å². The van der Waals surface area contributed by atoms with Gasteiger partial charge in [-0.1, -0.05) is 74.9 Å². The summed E-state index contributed by atoms with van der Waals surface area (Å²) in [5.41, 5.74) is 1.63. The summed E-state index contributed by atoms with van der Waals surface area (Å²) in [7, 11) is 1.59. The lowest BCUT2D eigenvalue weighted by Gasteiger charge is -2.32. The second-order valence-corrected chi connectivity index (χ2v) is 4.64. The Morgan fingerprint density at radius 3 is 2.43 bits per heavy atom. The minimum atomic E-state index is -1.47. The Balaban J connectivity index is 0.000000671. The fourth-order valence-electron chi connectivity index (χ4n) is 2.46. The largest absolute Gasteiger partial charge is 0.480 e. The van der Waals surface area contributed by atoms with Gasteiger partial charge < -0.3 is 9.63 Å². The van der Waals surface area contributed by atoms with E-state index < -0.39 is 15.0 Å². The van der Waals surface area contributed by atoms with Crippen LogP contribution in [0.4, 0.5) is 0 Å². The Labute approximate surface area is 144 Å². The van der Waals surface area contributed by atoms with E-state index in [0.717, 1.165) is 10.9 Å². The number of benzene rings is 2. The van der Waals surface area contributed by atoms with Crippen molar-refractivity contribution in [2.45, 2.75) is 33.3 Å². The lowest BCUT2D eigenvalue weighted by atomic mass is 9.53. The van der Waals surface area contributed by atoms with Gasteiger partial charge in [0, 0.05) is 0 Å². The third-order valence-electron chi connectivity index (χ3n) is 3.40. The van der Waals surface area contributed by atoms with E-state index in [2.05, 4.69) is 5.92 Å². The van der Waals surface area contributed by atoms with Crippen molar-refractivity contribution in [1.29, 1.82) is 1.28 Å². The van der Waals surface area contributed by atoms with Gasteiger partial charge in [-0.05, 0) is 23.3 Å². The zero-order chi connectivity index (χ0) is 18.2. The molecule has 2 unspecified atom stereocenters. The molecule has 1 radical (unpaired) electrons. The van der Waals surface area contributed by atoms with Gasteiger partial charge in [-0.3, -0.25) is 0 Å². The van der Waals surface area contributed by atoms with Crippen LogP contribution in [-0.2, 0) is 5.60 Å². The molecule has 1 aliphatic rings. The van der Waals surface area contributed by atoms with Gasteiger partial charge in [0.15, 0.2) is 12.9 Å². The van der Waals surface area contributed by atoms with Crippen LogP contribution in [0.2, 0.25) is 0 Å². The number of hydrogen-bond acceptors (Lipinski definition) is 2. The minimum absolute atomic E-state index is 0.399. The number of fused-ring (bicyclic) bond motifs is 2. The molecule has 0 bridgehead atoms. The third kappa shape index (κ3) is 3.61. The molecule has 1 heterocycles. The van der Waals surface area contributed by atoms with Crippen LogP contribution < -0.4 is 15.4 Å². The molecule has 3 rings (SSSR count). The van der Waals surface area contributed by atoms with Crippen molar-refractivity contribution in [3.63, 3.8) is 0 Å². The summed E-state index contributed by atoms with van der Waals surface area (Å²) >= 11 is 0. The van der Waals surface area contributed by atoms with Crippen molar-refractivity contribution < 1.29 is 9.63 Å². The van der Waals surface area contributed by atoms with Crippen molar-refractivity contribution in [2.24, 2.45) is 0 Å². The average molecular weight is 327 g/mol. The molecule has 2 nitrogen and oxygen atoms in total. The minimum Gasteiger partial charge on any atom is -0.480 e. The second kappa shape index (κ2) is 8.77. The maximum atomic E-state index is 10.9. The quantitative estimate of drug-likeness (QED) is 0.522. The highest BCUT2D eigenvalue weighted by Gasteiger charge is 2.37. The smallest absolute Gasteiger partial charge is 0.192 e. The first-order valence-corrected chi connectivity index (χ1v) is 8.22. The lowest BCUT2D eigenvalue weighted by Crippen LogP contribution is -2.47. The first-order valence-electron chi connectivity index (χ1n) is 8.31. The van der Waals surface area contributed by atoms with Crippen LogP contribution in [0.1, 0.15) is 38.8 Å². The Kier molecular flexibility index (Phi) is 6.72. The van der Waals surface area contributed by atoms with Gasteiger partial charge in [-0.15, -0.1) is 6.42 Å². The average Bonchev–Trinajstić information content (AvgIpc) is 2.66. The molecule has 119 valence electrons. The van der Waals surface area contributed by atoms with Crippen molar-refractivity contribution in [3.05, 3.63) is 53.6 Å². The van der Waals surface area contributed by atoms with Gasteiger partial charge in [0.2, 0.25) is 0 Å². The topological polar surface area (TPSA) is 29.5 Å². The van der Waals surface area contributed by atoms with E-state index in [1.54, 1.807) is 12.1 Å². The van der Waals surface area contributed by atoms with E-state index in [9.17, 15) is 5.11 Å². The summed E-state index contributed by atoms with van der Waals surface area (Å²) in [5, 5.41) is 10.9. The molecule has 0 spiro atoms. The molecule has 0 saturated carbocycles. The van der Waals surface area contributed by atoms with E-state index in [1.807, 2.05) is 65.3 Å². The summed E-state index contributed by atoms with van der Waals surface area (Å²) in [6.45, 7) is 8.00. The zero-order valence-electron chi connectivity index (χ0n) is 15.1. The van der Waals surface area contributed by atoms with Crippen LogP contribution in [0.5, 0.6) is 5.75 Å². The zero-order valence-corrected chi connectivity index (χ0v) is 15.1. The summed E-state index contributed by atoms with van der Waals surface area (Å²) in [6, 6.07) is 12.9. The van der Waals surface area contributed by atoms with E-state index in [-0.39, 0.29) is 0 Å². The normalized spacial score (nSPS) is 17.8. The van der Waals surface area contributed by atoms with Gasteiger partial charge in [0.1, 0.15) is 5.75 Å². The summed E-state index contributed by atoms with van der Waals surface area (Å²) in [5.74, 6) is 3.04. The molecule has 23 heavy (non-hydrogen) atoms. The Hall–Kier alpha value is -1.75. The maximum Gasteiger partial charge on any atom is 0.192 e. The predicted molar refractivity (Wildman–Crippen MR) is 103 cm³/mol. The second-order valence-electron chi connectivity index (χ2n) is 4.44. The molecule has 4 heteroatoms. The molecule has 0 fully saturated rings. The van der Waals surface area contributed by atoms with E-state index in [4.69, 9.17) is 12.2 Å². The third-order valence-corrected chi connectivity index (χ3v) is 3.64. The van der Waals surface area contributed by atoms with Gasteiger partial charge in [-0.25, -0.2) is 0 Å². The first-order chi connectivity index (χ1) is 11.7. The highest BCUT2D eigenvalue weighted by Crippen LogP contribution is 2.31. The molecular weight excluding hydrogens is 302 g/mol. The predicted octanol–water partition coefficient (Wildman–Crippen LogP) is 2.75.